The number of anilines is 1. The van der Waals surface area contributed by atoms with Crippen molar-refractivity contribution in [3.05, 3.63) is 58.9 Å². The number of rotatable bonds is 6. The number of aromatic nitrogens is 5. The molecule has 0 saturated heterocycles. The van der Waals surface area contributed by atoms with Crippen LogP contribution in [0.3, 0.4) is 0 Å². The number of thioether (sulfide) groups is 1. The minimum Gasteiger partial charge on any atom is -0.508 e. The summed E-state index contributed by atoms with van der Waals surface area (Å²) in [7, 11) is 0. The van der Waals surface area contributed by atoms with Crippen LogP contribution in [0.4, 0.5) is 5.69 Å². The second-order valence-corrected chi connectivity index (χ2v) is 8.06. The number of phenolic OH excluding ortho intramolecular Hbond substituents is 1. The first-order chi connectivity index (χ1) is 14.1. The number of aromatic hydroxyl groups is 1. The maximum Gasteiger partial charge on any atom is 0.234 e. The van der Waals surface area contributed by atoms with E-state index in [4.69, 9.17) is 0 Å². The molecule has 0 spiro atoms. The third kappa shape index (κ3) is 4.61. The van der Waals surface area contributed by atoms with Crippen molar-refractivity contribution in [1.29, 1.82) is 0 Å². The molecule has 0 unspecified atom stereocenters. The van der Waals surface area contributed by atoms with E-state index in [1.54, 1.807) is 35.6 Å². The van der Waals surface area contributed by atoms with E-state index in [1.165, 1.54) is 16.4 Å². The van der Waals surface area contributed by atoms with Crippen LogP contribution in [0.15, 0.2) is 59.1 Å². The van der Waals surface area contributed by atoms with Crippen LogP contribution in [0.1, 0.15) is 5.01 Å². The lowest BCUT2D eigenvalue weighted by Crippen LogP contribution is -2.14. The van der Waals surface area contributed by atoms with Crippen LogP contribution in [0.25, 0.3) is 16.9 Å². The molecule has 1 amide bonds. The van der Waals surface area contributed by atoms with Crippen molar-refractivity contribution in [3.63, 3.8) is 0 Å². The van der Waals surface area contributed by atoms with Crippen molar-refractivity contribution in [1.82, 2.24) is 25.2 Å². The van der Waals surface area contributed by atoms with Gasteiger partial charge in [-0.3, -0.25) is 4.79 Å². The number of phenols is 1. The van der Waals surface area contributed by atoms with Crippen LogP contribution < -0.4 is 5.32 Å². The number of carbonyl (C=O) groups is 1. The Kier molecular flexibility index (Phi) is 5.54. The van der Waals surface area contributed by atoms with Gasteiger partial charge in [-0.15, -0.1) is 16.4 Å². The Morgan fingerprint density at radius 2 is 2.07 bits per heavy atom. The fraction of sp³-hybridized carbons (Fsp3) is 0.105. The fourth-order valence-electron chi connectivity index (χ4n) is 2.60. The van der Waals surface area contributed by atoms with Gasteiger partial charge in [0.1, 0.15) is 5.75 Å². The third-order valence-electron chi connectivity index (χ3n) is 3.93. The van der Waals surface area contributed by atoms with Crippen molar-refractivity contribution in [2.75, 3.05) is 11.1 Å². The molecule has 8 nitrogen and oxygen atoms in total. The highest BCUT2D eigenvalue weighted by molar-refractivity contribution is 7.99. The highest BCUT2D eigenvalue weighted by atomic mass is 32.2. The normalized spacial score (nSPS) is 10.8. The lowest BCUT2D eigenvalue weighted by Gasteiger charge is -2.07. The second-order valence-electron chi connectivity index (χ2n) is 6.06. The van der Waals surface area contributed by atoms with E-state index in [9.17, 15) is 9.90 Å². The van der Waals surface area contributed by atoms with Gasteiger partial charge in [0, 0.05) is 16.6 Å². The van der Waals surface area contributed by atoms with Gasteiger partial charge >= 0.3 is 0 Å². The summed E-state index contributed by atoms with van der Waals surface area (Å²) < 4.78 is 1.52. The summed E-state index contributed by atoms with van der Waals surface area (Å²) in [4.78, 5) is 16.9. The Balaban J connectivity index is 1.40. The molecule has 146 valence electrons. The summed E-state index contributed by atoms with van der Waals surface area (Å²) in [5, 5.41) is 27.4. The largest absolute Gasteiger partial charge is 0.508 e. The third-order valence-corrected chi connectivity index (χ3v) is 5.62. The Morgan fingerprint density at radius 3 is 2.83 bits per heavy atom. The topological polar surface area (TPSA) is 106 Å². The molecular weight excluding hydrogens is 408 g/mol. The number of hydrogen-bond acceptors (Lipinski definition) is 8. The summed E-state index contributed by atoms with van der Waals surface area (Å²) in [6.45, 7) is 1.96. The predicted molar refractivity (Wildman–Crippen MR) is 112 cm³/mol. The molecule has 2 aromatic carbocycles. The highest BCUT2D eigenvalue weighted by Crippen LogP contribution is 2.25. The monoisotopic (exact) mass is 424 g/mol. The first-order valence-electron chi connectivity index (χ1n) is 8.61. The Labute approximate surface area is 174 Å². The molecule has 0 bridgehead atoms. The molecule has 2 N–H and O–H groups in total. The van der Waals surface area contributed by atoms with E-state index in [1.807, 2.05) is 36.6 Å². The zero-order chi connectivity index (χ0) is 20.2. The Morgan fingerprint density at radius 1 is 1.24 bits per heavy atom. The number of tetrazole rings is 1. The number of thiazole rings is 1. The molecule has 10 heteroatoms. The molecule has 0 saturated carbocycles. The molecule has 0 atom stereocenters. The van der Waals surface area contributed by atoms with E-state index in [2.05, 4.69) is 25.8 Å². The lowest BCUT2D eigenvalue weighted by atomic mass is 10.1. The van der Waals surface area contributed by atoms with Crippen LogP contribution in [0.5, 0.6) is 5.75 Å². The molecule has 2 aromatic heterocycles. The average molecular weight is 425 g/mol. The Bertz CT molecular complexity index is 1140. The van der Waals surface area contributed by atoms with E-state index >= 15 is 0 Å². The summed E-state index contributed by atoms with van der Waals surface area (Å²) in [6.07, 6.45) is 0. The van der Waals surface area contributed by atoms with E-state index in [0.29, 0.717) is 16.5 Å². The number of amides is 1. The molecule has 0 aliphatic heterocycles. The van der Waals surface area contributed by atoms with Gasteiger partial charge in [-0.1, -0.05) is 23.9 Å². The van der Waals surface area contributed by atoms with Crippen molar-refractivity contribution in [3.8, 4) is 22.7 Å². The Hall–Kier alpha value is -3.24. The first-order valence-corrected chi connectivity index (χ1v) is 10.5. The van der Waals surface area contributed by atoms with E-state index in [-0.39, 0.29) is 17.4 Å². The van der Waals surface area contributed by atoms with Crippen molar-refractivity contribution < 1.29 is 9.90 Å². The van der Waals surface area contributed by atoms with E-state index < -0.39 is 0 Å². The summed E-state index contributed by atoms with van der Waals surface area (Å²) in [6, 6.07) is 14.1. The number of benzene rings is 2. The van der Waals surface area contributed by atoms with Gasteiger partial charge in [0.2, 0.25) is 11.1 Å². The zero-order valence-corrected chi connectivity index (χ0v) is 16.9. The van der Waals surface area contributed by atoms with Crippen LogP contribution >= 0.6 is 23.1 Å². The van der Waals surface area contributed by atoms with Gasteiger partial charge in [-0.2, -0.15) is 4.68 Å². The SMILES string of the molecule is Cc1nc(-c2cccc(NC(=O)CSc3nnnn3-c3ccc(O)cc3)c2)cs1. The number of nitrogens with one attached hydrogen (secondary N) is 1. The maximum atomic E-state index is 12.4. The van der Waals surface area contributed by atoms with Gasteiger partial charge in [0.05, 0.1) is 22.1 Å². The first kappa shape index (κ1) is 19.1. The molecular formula is C19H16N6O2S2. The minimum absolute atomic E-state index is 0.151. The summed E-state index contributed by atoms with van der Waals surface area (Å²) in [5.74, 6) is 0.144. The number of hydrogen-bond donors (Lipinski definition) is 2. The van der Waals surface area contributed by atoms with Crippen LogP contribution in [-0.4, -0.2) is 42.0 Å². The minimum atomic E-state index is -0.165. The molecule has 2 heterocycles. The highest BCUT2D eigenvalue weighted by Gasteiger charge is 2.12. The number of nitrogens with zero attached hydrogens (tertiary/aromatic N) is 5. The molecule has 0 aliphatic rings. The van der Waals surface area contributed by atoms with Gasteiger partial charge in [0.25, 0.3) is 0 Å². The van der Waals surface area contributed by atoms with Crippen molar-refractivity contribution in [2.24, 2.45) is 0 Å². The van der Waals surface area contributed by atoms with Gasteiger partial charge < -0.3 is 10.4 Å². The van der Waals surface area contributed by atoms with Gasteiger partial charge in [-0.25, -0.2) is 4.98 Å². The van der Waals surface area contributed by atoms with Gasteiger partial charge in [0.15, 0.2) is 0 Å². The lowest BCUT2D eigenvalue weighted by molar-refractivity contribution is -0.113. The molecule has 0 aliphatic carbocycles. The molecule has 4 rings (SSSR count). The predicted octanol–water partition coefficient (Wildman–Crippen LogP) is 3.53. The summed E-state index contributed by atoms with van der Waals surface area (Å²) in [5.41, 5.74) is 3.25. The van der Waals surface area contributed by atoms with Crippen molar-refractivity contribution >= 4 is 34.7 Å². The van der Waals surface area contributed by atoms with Crippen molar-refractivity contribution in [2.45, 2.75) is 12.1 Å². The van der Waals surface area contributed by atoms with E-state index in [0.717, 1.165) is 16.3 Å². The van der Waals surface area contributed by atoms with Gasteiger partial charge in [-0.05, 0) is 53.7 Å². The molecule has 4 aromatic rings. The molecule has 0 fully saturated rings. The smallest absolute Gasteiger partial charge is 0.234 e. The van der Waals surface area contributed by atoms with Crippen LogP contribution in [-0.2, 0) is 4.79 Å². The average Bonchev–Trinajstić information content (AvgIpc) is 3.36. The molecule has 29 heavy (non-hydrogen) atoms. The standard InChI is InChI=1S/C19H16N6O2S2/c1-12-20-17(10-28-12)13-3-2-4-14(9-13)21-18(27)11-29-19-22-23-24-25(19)15-5-7-16(26)8-6-15/h2-10,26H,11H2,1H3,(H,21,27). The number of aryl methyl sites for hydroxylation is 1. The van der Waals surface area contributed by atoms with Crippen LogP contribution in [0, 0.1) is 6.92 Å². The molecule has 0 radical (unpaired) electrons. The number of carbonyl (C=O) groups excluding carboxylic acids is 1. The zero-order valence-electron chi connectivity index (χ0n) is 15.3. The summed E-state index contributed by atoms with van der Waals surface area (Å²) >= 11 is 2.81. The fourth-order valence-corrected chi connectivity index (χ4v) is 3.92. The second kappa shape index (κ2) is 8.41. The quantitative estimate of drug-likeness (QED) is 0.456. The van der Waals surface area contributed by atoms with Crippen LogP contribution in [0.2, 0.25) is 0 Å². The maximum absolute atomic E-state index is 12.4.